The van der Waals surface area contributed by atoms with Crippen LogP contribution in [0.4, 0.5) is 0 Å². The van der Waals surface area contributed by atoms with Gasteiger partial charge in [0.1, 0.15) is 11.6 Å². The molecule has 0 radical (unpaired) electrons. The Morgan fingerprint density at radius 2 is 0.958 bits per heavy atom. The van der Waals surface area contributed by atoms with Crippen LogP contribution in [0.25, 0.3) is 0 Å². The number of hydrogen-bond donors (Lipinski definition) is 0. The molecule has 0 bridgehead atoms. The van der Waals surface area contributed by atoms with Crippen molar-refractivity contribution in [3.8, 4) is 0 Å². The second-order valence-corrected chi connectivity index (χ2v) is 7.43. The molecule has 4 atom stereocenters. The highest BCUT2D eigenvalue weighted by atomic mass is 16.1. The number of benzene rings is 2. The van der Waals surface area contributed by atoms with Crippen molar-refractivity contribution in [2.45, 2.75) is 37.5 Å². The van der Waals surface area contributed by atoms with Crippen molar-refractivity contribution in [1.82, 2.24) is 0 Å². The Hall–Kier alpha value is -2.22. The highest BCUT2D eigenvalue weighted by molar-refractivity contribution is 5.95. The zero-order valence-electron chi connectivity index (χ0n) is 13.6. The Morgan fingerprint density at radius 3 is 1.42 bits per heavy atom. The average molecular weight is 316 g/mol. The SMILES string of the molecule is O=C1CCc2ccccc2C2C1C1C(=O)CCc3ccccc3C12. The van der Waals surface area contributed by atoms with Gasteiger partial charge in [0.05, 0.1) is 0 Å². The summed E-state index contributed by atoms with van der Waals surface area (Å²) in [5.41, 5.74) is 5.20. The predicted octanol–water partition coefficient (Wildman–Crippen LogP) is 3.83. The Labute approximate surface area is 141 Å². The van der Waals surface area contributed by atoms with Crippen LogP contribution in [0.1, 0.15) is 46.9 Å². The molecule has 3 aliphatic carbocycles. The van der Waals surface area contributed by atoms with Crippen molar-refractivity contribution < 1.29 is 9.59 Å². The quantitative estimate of drug-likeness (QED) is 0.740. The van der Waals surface area contributed by atoms with Crippen LogP contribution < -0.4 is 0 Å². The van der Waals surface area contributed by atoms with Gasteiger partial charge in [0.25, 0.3) is 0 Å². The second kappa shape index (κ2) is 5.14. The second-order valence-electron chi connectivity index (χ2n) is 7.43. The molecule has 4 unspecified atom stereocenters. The molecule has 0 aliphatic heterocycles. The number of aryl methyl sites for hydroxylation is 2. The van der Waals surface area contributed by atoms with Crippen molar-refractivity contribution >= 4 is 11.6 Å². The molecule has 0 amide bonds. The lowest BCUT2D eigenvalue weighted by Crippen LogP contribution is -2.50. The lowest BCUT2D eigenvalue weighted by Gasteiger charge is -2.50. The third-order valence-corrected chi connectivity index (χ3v) is 6.40. The van der Waals surface area contributed by atoms with Gasteiger partial charge >= 0.3 is 0 Å². The van der Waals surface area contributed by atoms with E-state index < -0.39 is 0 Å². The maximum atomic E-state index is 12.8. The molecule has 2 nitrogen and oxygen atoms in total. The Kier molecular flexibility index (Phi) is 3.03. The van der Waals surface area contributed by atoms with Gasteiger partial charge in [-0.3, -0.25) is 9.59 Å². The maximum Gasteiger partial charge on any atom is 0.137 e. The molecule has 0 saturated heterocycles. The molecule has 24 heavy (non-hydrogen) atoms. The van der Waals surface area contributed by atoms with Gasteiger partial charge in [-0.25, -0.2) is 0 Å². The maximum absolute atomic E-state index is 12.8. The first-order valence-corrected chi connectivity index (χ1v) is 8.97. The Bertz CT molecular complexity index is 779. The highest BCUT2D eigenvalue weighted by Crippen LogP contribution is 2.61. The minimum absolute atomic E-state index is 0.0997. The first-order chi connectivity index (χ1) is 11.8. The molecule has 2 heteroatoms. The molecule has 120 valence electrons. The van der Waals surface area contributed by atoms with Crippen LogP contribution in [0.3, 0.4) is 0 Å². The molecule has 5 rings (SSSR count). The van der Waals surface area contributed by atoms with Crippen molar-refractivity contribution in [2.75, 3.05) is 0 Å². The molecule has 0 N–H and O–H groups in total. The van der Waals surface area contributed by atoms with E-state index in [0.29, 0.717) is 24.4 Å². The molecule has 3 aliphatic rings. The fourth-order valence-electron chi connectivity index (χ4n) is 5.35. The van der Waals surface area contributed by atoms with Gasteiger partial charge in [-0.1, -0.05) is 48.5 Å². The number of carbonyl (C=O) groups is 2. The van der Waals surface area contributed by atoms with Gasteiger partial charge in [-0.2, -0.15) is 0 Å². The van der Waals surface area contributed by atoms with E-state index in [0.717, 1.165) is 12.8 Å². The molecule has 2 aromatic rings. The van der Waals surface area contributed by atoms with Crippen molar-refractivity contribution in [3.05, 3.63) is 70.8 Å². The molecular formula is C22H20O2. The smallest absolute Gasteiger partial charge is 0.137 e. The van der Waals surface area contributed by atoms with E-state index in [1.54, 1.807) is 0 Å². The van der Waals surface area contributed by atoms with Crippen molar-refractivity contribution in [1.29, 1.82) is 0 Å². The number of fused-ring (bicyclic) bond motifs is 8. The van der Waals surface area contributed by atoms with E-state index in [4.69, 9.17) is 0 Å². The zero-order chi connectivity index (χ0) is 16.3. The summed E-state index contributed by atoms with van der Waals surface area (Å²) < 4.78 is 0. The number of hydrogen-bond acceptors (Lipinski definition) is 2. The van der Waals surface area contributed by atoms with E-state index in [2.05, 4.69) is 48.5 Å². The largest absolute Gasteiger partial charge is 0.299 e. The number of carbonyl (C=O) groups excluding carboxylic acids is 2. The topological polar surface area (TPSA) is 34.1 Å². The summed E-state index contributed by atoms with van der Waals surface area (Å²) in [4.78, 5) is 25.6. The molecular weight excluding hydrogens is 296 g/mol. The number of rotatable bonds is 0. The summed E-state index contributed by atoms with van der Waals surface area (Å²) in [6.45, 7) is 0. The molecule has 2 aromatic carbocycles. The van der Waals surface area contributed by atoms with Gasteiger partial charge in [-0.05, 0) is 35.1 Å². The van der Waals surface area contributed by atoms with Gasteiger partial charge in [-0.15, -0.1) is 0 Å². The van der Waals surface area contributed by atoms with Gasteiger partial charge in [0, 0.05) is 36.5 Å². The fourth-order valence-corrected chi connectivity index (χ4v) is 5.35. The van der Waals surface area contributed by atoms with Crippen LogP contribution in [-0.4, -0.2) is 11.6 Å². The van der Waals surface area contributed by atoms with Crippen LogP contribution in [-0.2, 0) is 22.4 Å². The summed E-state index contributed by atoms with van der Waals surface area (Å²) in [6.07, 6.45) is 2.79. The fraction of sp³-hybridized carbons (Fsp3) is 0.364. The van der Waals surface area contributed by atoms with Crippen LogP contribution in [0.15, 0.2) is 48.5 Å². The minimum atomic E-state index is -0.0997. The summed E-state index contributed by atoms with van der Waals surface area (Å²) in [7, 11) is 0. The third-order valence-electron chi connectivity index (χ3n) is 6.40. The summed E-state index contributed by atoms with van der Waals surface area (Å²) >= 11 is 0. The van der Waals surface area contributed by atoms with E-state index >= 15 is 0 Å². The third kappa shape index (κ3) is 1.83. The predicted molar refractivity (Wildman–Crippen MR) is 92.0 cm³/mol. The van der Waals surface area contributed by atoms with E-state index in [1.807, 2.05) is 0 Å². The average Bonchev–Trinajstić information content (AvgIpc) is 2.77. The number of ketones is 2. The van der Waals surface area contributed by atoms with Crippen LogP contribution >= 0.6 is 0 Å². The monoisotopic (exact) mass is 316 g/mol. The standard InChI is InChI=1S/C22H20O2/c23-17-11-9-13-5-1-3-7-15(13)19-20-16-8-4-2-6-14(16)10-12-18(24)22(20)21(17)19/h1-8,19-22H,9-12H2. The molecule has 1 fully saturated rings. The summed E-state index contributed by atoms with van der Waals surface area (Å²) in [5, 5.41) is 0. The summed E-state index contributed by atoms with van der Waals surface area (Å²) in [5.74, 6) is 0.763. The van der Waals surface area contributed by atoms with E-state index in [1.165, 1.54) is 22.3 Å². The normalized spacial score (nSPS) is 30.8. The van der Waals surface area contributed by atoms with Crippen LogP contribution in [0, 0.1) is 11.8 Å². The zero-order valence-corrected chi connectivity index (χ0v) is 13.6. The number of Topliss-reactive ketones (excluding diaryl/α,β-unsaturated/α-hetero) is 2. The van der Waals surface area contributed by atoms with Gasteiger partial charge in [0.2, 0.25) is 0 Å². The van der Waals surface area contributed by atoms with Gasteiger partial charge < -0.3 is 0 Å². The molecule has 1 saturated carbocycles. The highest BCUT2D eigenvalue weighted by Gasteiger charge is 2.59. The minimum Gasteiger partial charge on any atom is -0.299 e. The Morgan fingerprint density at radius 1 is 0.542 bits per heavy atom. The molecule has 0 aromatic heterocycles. The van der Waals surface area contributed by atoms with Crippen LogP contribution in [0.5, 0.6) is 0 Å². The molecule has 0 heterocycles. The van der Waals surface area contributed by atoms with Crippen LogP contribution in [0.2, 0.25) is 0 Å². The lowest BCUT2D eigenvalue weighted by molar-refractivity contribution is -0.141. The van der Waals surface area contributed by atoms with Crippen molar-refractivity contribution in [2.24, 2.45) is 11.8 Å². The first-order valence-electron chi connectivity index (χ1n) is 8.97. The van der Waals surface area contributed by atoms with E-state index in [-0.39, 0.29) is 23.7 Å². The first kappa shape index (κ1) is 14.2. The van der Waals surface area contributed by atoms with Crippen molar-refractivity contribution in [3.63, 3.8) is 0 Å². The summed E-state index contributed by atoms with van der Waals surface area (Å²) in [6, 6.07) is 16.9. The van der Waals surface area contributed by atoms with Gasteiger partial charge in [0.15, 0.2) is 0 Å². The Balaban J connectivity index is 1.71. The molecule has 0 spiro atoms. The lowest BCUT2D eigenvalue weighted by atomic mass is 9.50. The van der Waals surface area contributed by atoms with E-state index in [9.17, 15) is 9.59 Å².